The van der Waals surface area contributed by atoms with Crippen molar-refractivity contribution in [1.29, 1.82) is 0 Å². The van der Waals surface area contributed by atoms with E-state index in [9.17, 15) is 9.59 Å². The molecule has 9 heteroatoms. The van der Waals surface area contributed by atoms with Crippen molar-refractivity contribution in [3.63, 3.8) is 0 Å². The summed E-state index contributed by atoms with van der Waals surface area (Å²) in [6, 6.07) is 3.16. The Bertz CT molecular complexity index is 966. The van der Waals surface area contributed by atoms with E-state index >= 15 is 0 Å². The number of aromatic nitrogens is 5. The number of nitrogens with one attached hydrogen (secondary N) is 3. The van der Waals surface area contributed by atoms with Crippen LogP contribution < -0.4 is 5.32 Å². The minimum absolute atomic E-state index is 0.118. The quantitative estimate of drug-likeness (QED) is 0.606. The molecule has 3 aromatic rings. The van der Waals surface area contributed by atoms with Gasteiger partial charge in [-0.25, -0.2) is 9.97 Å². The van der Waals surface area contributed by atoms with Gasteiger partial charge in [0.25, 0.3) is 0 Å². The van der Waals surface area contributed by atoms with Crippen LogP contribution in [0.2, 0.25) is 0 Å². The predicted octanol–water partition coefficient (Wildman–Crippen LogP) is 0.827. The number of carbonyl (C=O) groups is 2. The third kappa shape index (κ3) is 3.78. The van der Waals surface area contributed by atoms with Gasteiger partial charge in [0.15, 0.2) is 0 Å². The molecule has 0 bridgehead atoms. The normalized spacial score (nSPS) is 14.4. The topological polar surface area (TPSA) is 120 Å². The number of amides is 2. The fourth-order valence-electron chi connectivity index (χ4n) is 3.40. The van der Waals surface area contributed by atoms with E-state index in [1.54, 1.807) is 29.8 Å². The Balaban J connectivity index is 1.51. The Hall–Kier alpha value is -3.49. The second-order valence-corrected chi connectivity index (χ2v) is 6.80. The molecule has 1 aliphatic heterocycles. The lowest BCUT2D eigenvalue weighted by Crippen LogP contribution is -2.50. The van der Waals surface area contributed by atoms with Crippen LogP contribution in [-0.2, 0) is 29.0 Å². The van der Waals surface area contributed by atoms with Gasteiger partial charge >= 0.3 is 0 Å². The lowest BCUT2D eigenvalue weighted by molar-refractivity contribution is -0.137. The lowest BCUT2D eigenvalue weighted by Gasteiger charge is -2.30. The van der Waals surface area contributed by atoms with Crippen molar-refractivity contribution in [3.8, 4) is 11.4 Å². The van der Waals surface area contributed by atoms with E-state index in [1.165, 1.54) is 6.92 Å². The van der Waals surface area contributed by atoms with Crippen LogP contribution in [0.3, 0.4) is 0 Å². The first-order valence-electron chi connectivity index (χ1n) is 9.11. The summed E-state index contributed by atoms with van der Waals surface area (Å²) in [6.07, 6.45) is 7.72. The molecule has 144 valence electrons. The van der Waals surface area contributed by atoms with Gasteiger partial charge in [-0.05, 0) is 12.1 Å². The summed E-state index contributed by atoms with van der Waals surface area (Å²) in [5, 5.41) is 2.76. The van der Waals surface area contributed by atoms with Crippen molar-refractivity contribution in [1.82, 2.24) is 35.1 Å². The molecule has 0 aromatic carbocycles. The molecule has 9 nitrogen and oxygen atoms in total. The molecule has 0 spiro atoms. The van der Waals surface area contributed by atoms with Crippen LogP contribution in [-0.4, -0.2) is 54.2 Å². The van der Waals surface area contributed by atoms with Gasteiger partial charge in [-0.1, -0.05) is 0 Å². The Morgan fingerprint density at radius 3 is 2.93 bits per heavy atom. The minimum Gasteiger partial charge on any atom is -0.348 e. The third-order valence-corrected chi connectivity index (χ3v) is 4.73. The highest BCUT2D eigenvalue weighted by Gasteiger charge is 2.30. The van der Waals surface area contributed by atoms with Crippen LogP contribution in [0.4, 0.5) is 0 Å². The van der Waals surface area contributed by atoms with Gasteiger partial charge in [0.1, 0.15) is 11.9 Å². The minimum atomic E-state index is -0.639. The van der Waals surface area contributed by atoms with Crippen molar-refractivity contribution in [3.05, 3.63) is 54.1 Å². The predicted molar refractivity (Wildman–Crippen MR) is 101 cm³/mol. The molecule has 1 aliphatic rings. The van der Waals surface area contributed by atoms with Gasteiger partial charge < -0.3 is 20.2 Å². The number of aromatic amines is 2. The highest BCUT2D eigenvalue weighted by Crippen LogP contribution is 2.22. The maximum Gasteiger partial charge on any atom is 0.245 e. The smallest absolute Gasteiger partial charge is 0.245 e. The SMILES string of the molecule is CC(=O)N[C@@H](Cc1cnc[nH]1)C(=O)N1CCc2nc(-c3cccnc3)[nH]c2C1. The molecule has 0 saturated carbocycles. The maximum atomic E-state index is 13.1. The van der Waals surface area contributed by atoms with E-state index < -0.39 is 6.04 Å². The molecule has 0 aliphatic carbocycles. The van der Waals surface area contributed by atoms with Crippen LogP contribution in [0.25, 0.3) is 11.4 Å². The average molecular weight is 379 g/mol. The molecule has 3 N–H and O–H groups in total. The number of carbonyl (C=O) groups excluding carboxylic acids is 2. The summed E-state index contributed by atoms with van der Waals surface area (Å²) < 4.78 is 0. The fourth-order valence-corrected chi connectivity index (χ4v) is 3.40. The highest BCUT2D eigenvalue weighted by atomic mass is 16.2. The van der Waals surface area contributed by atoms with E-state index in [0.29, 0.717) is 25.9 Å². The van der Waals surface area contributed by atoms with Crippen molar-refractivity contribution < 1.29 is 9.59 Å². The number of rotatable bonds is 5. The number of nitrogens with zero attached hydrogens (tertiary/aromatic N) is 4. The third-order valence-electron chi connectivity index (χ3n) is 4.73. The van der Waals surface area contributed by atoms with Gasteiger partial charge in [-0.2, -0.15) is 0 Å². The van der Waals surface area contributed by atoms with Crippen LogP contribution in [0, 0.1) is 0 Å². The van der Waals surface area contributed by atoms with Gasteiger partial charge in [0, 0.05) is 56.2 Å². The van der Waals surface area contributed by atoms with E-state index in [-0.39, 0.29) is 11.8 Å². The summed E-state index contributed by atoms with van der Waals surface area (Å²) >= 11 is 0. The summed E-state index contributed by atoms with van der Waals surface area (Å²) in [5.41, 5.74) is 3.59. The second-order valence-electron chi connectivity index (χ2n) is 6.80. The van der Waals surface area contributed by atoms with E-state index in [2.05, 4.69) is 30.2 Å². The number of pyridine rings is 1. The van der Waals surface area contributed by atoms with E-state index in [1.807, 2.05) is 12.1 Å². The molecule has 28 heavy (non-hydrogen) atoms. The van der Waals surface area contributed by atoms with Crippen LogP contribution in [0.5, 0.6) is 0 Å². The number of hydrogen-bond acceptors (Lipinski definition) is 5. The van der Waals surface area contributed by atoms with Crippen molar-refractivity contribution >= 4 is 11.8 Å². The summed E-state index contributed by atoms with van der Waals surface area (Å²) in [4.78, 5) is 45.5. The molecular formula is C19H21N7O2. The van der Waals surface area contributed by atoms with Crippen LogP contribution >= 0.6 is 0 Å². The molecule has 0 saturated heterocycles. The number of imidazole rings is 2. The Morgan fingerprint density at radius 2 is 2.21 bits per heavy atom. The zero-order chi connectivity index (χ0) is 19.5. The molecule has 0 radical (unpaired) electrons. The maximum absolute atomic E-state index is 13.1. The van der Waals surface area contributed by atoms with Gasteiger partial charge in [0.2, 0.25) is 11.8 Å². The summed E-state index contributed by atoms with van der Waals surface area (Å²) in [7, 11) is 0. The van der Waals surface area contributed by atoms with Crippen LogP contribution in [0.1, 0.15) is 24.0 Å². The van der Waals surface area contributed by atoms with Gasteiger partial charge in [-0.3, -0.25) is 14.6 Å². The number of fused-ring (bicyclic) bond motifs is 1. The van der Waals surface area contributed by atoms with Gasteiger partial charge in [-0.15, -0.1) is 0 Å². The van der Waals surface area contributed by atoms with Gasteiger partial charge in [0.05, 0.1) is 24.3 Å². The molecule has 0 fully saturated rings. The van der Waals surface area contributed by atoms with Crippen LogP contribution in [0.15, 0.2) is 37.1 Å². The first kappa shape index (κ1) is 17.9. The largest absolute Gasteiger partial charge is 0.348 e. The zero-order valence-electron chi connectivity index (χ0n) is 15.5. The summed E-state index contributed by atoms with van der Waals surface area (Å²) in [5.74, 6) is 0.396. The fraction of sp³-hybridized carbons (Fsp3) is 0.316. The number of hydrogen-bond donors (Lipinski definition) is 3. The van der Waals surface area contributed by atoms with Crippen molar-refractivity contribution in [2.24, 2.45) is 0 Å². The van der Waals surface area contributed by atoms with Crippen molar-refractivity contribution in [2.45, 2.75) is 32.4 Å². The molecule has 4 rings (SSSR count). The van der Waals surface area contributed by atoms with E-state index in [4.69, 9.17) is 0 Å². The molecule has 0 unspecified atom stereocenters. The second kappa shape index (κ2) is 7.63. The standard InChI is InChI=1S/C19H21N7O2/c1-12(27)23-16(7-14-9-21-11-22-14)19(28)26-6-4-15-17(10-26)25-18(24-15)13-3-2-5-20-8-13/h2-3,5,8-9,11,16H,4,6-7,10H2,1H3,(H,21,22)(H,23,27)(H,24,25)/t16-/m0/s1. The average Bonchev–Trinajstić information content (AvgIpc) is 3.36. The molecule has 3 aromatic heterocycles. The summed E-state index contributed by atoms with van der Waals surface area (Å²) in [6.45, 7) is 2.40. The highest BCUT2D eigenvalue weighted by molar-refractivity contribution is 5.87. The molecular weight excluding hydrogens is 358 g/mol. The zero-order valence-corrected chi connectivity index (χ0v) is 15.5. The molecule has 1 atom stereocenters. The Labute approximate surface area is 161 Å². The first-order valence-corrected chi connectivity index (χ1v) is 9.11. The Kier molecular flexibility index (Phi) is 4.88. The monoisotopic (exact) mass is 379 g/mol. The first-order chi connectivity index (χ1) is 13.6. The number of H-pyrrole nitrogens is 2. The molecule has 4 heterocycles. The van der Waals surface area contributed by atoms with Crippen molar-refractivity contribution in [2.75, 3.05) is 6.54 Å². The van der Waals surface area contributed by atoms with E-state index in [0.717, 1.165) is 28.5 Å². The molecule has 2 amide bonds. The lowest BCUT2D eigenvalue weighted by atomic mass is 10.1. The Morgan fingerprint density at radius 1 is 1.32 bits per heavy atom.